The van der Waals surface area contributed by atoms with E-state index in [2.05, 4.69) is 0 Å². The van der Waals surface area contributed by atoms with Crippen LogP contribution in [0, 0.1) is 0 Å². The van der Waals surface area contributed by atoms with Crippen LogP contribution in [0.2, 0.25) is 0 Å². The van der Waals surface area contributed by atoms with Gasteiger partial charge in [0.1, 0.15) is 0 Å². The molecule has 3 aromatic rings. The van der Waals surface area contributed by atoms with Gasteiger partial charge in [0.05, 0.1) is 17.6 Å². The highest BCUT2D eigenvalue weighted by molar-refractivity contribution is 5.90. The fourth-order valence-corrected chi connectivity index (χ4v) is 2.47. The third kappa shape index (κ3) is 2.84. The first-order valence-electron chi connectivity index (χ1n) is 7.29. The lowest BCUT2D eigenvalue weighted by molar-refractivity contribution is -0.127. The second kappa shape index (κ2) is 5.98. The van der Waals surface area contributed by atoms with Crippen LogP contribution in [0.5, 0.6) is 0 Å². The molecule has 0 aliphatic heterocycles. The Hall–Kier alpha value is -2.68. The number of carbonyl (C=O) groups excluding carboxylic acids is 1. The molecule has 110 valence electrons. The topological polar surface area (TPSA) is 33.2 Å². The number of likely N-dealkylation sites (N-methyl/N-ethyl adjacent to an activating group) is 1. The van der Waals surface area contributed by atoms with Gasteiger partial charge in [0.15, 0.2) is 0 Å². The summed E-state index contributed by atoms with van der Waals surface area (Å²) >= 11 is 0. The van der Waals surface area contributed by atoms with Gasteiger partial charge in [-0.2, -0.15) is 0 Å². The molecule has 0 atom stereocenters. The molecule has 1 amide bonds. The molecule has 0 saturated carbocycles. The number of aromatic nitrogens is 1. The summed E-state index contributed by atoms with van der Waals surface area (Å²) in [5, 5.41) is 1.04. The molecule has 2 aromatic carbocycles. The lowest BCUT2D eigenvalue weighted by Gasteiger charge is -2.13. The van der Waals surface area contributed by atoms with Gasteiger partial charge in [0.2, 0.25) is 5.91 Å². The molecule has 0 radical (unpaired) electrons. The number of pyridine rings is 1. The van der Waals surface area contributed by atoms with Crippen molar-refractivity contribution in [2.75, 3.05) is 14.1 Å². The average Bonchev–Trinajstić information content (AvgIpc) is 2.55. The first kappa shape index (κ1) is 14.3. The Bertz CT molecular complexity index is 810. The van der Waals surface area contributed by atoms with Gasteiger partial charge in [-0.25, -0.2) is 4.98 Å². The number of benzene rings is 2. The van der Waals surface area contributed by atoms with E-state index >= 15 is 0 Å². The molecule has 0 aliphatic carbocycles. The van der Waals surface area contributed by atoms with Crippen molar-refractivity contribution in [3.05, 3.63) is 66.2 Å². The van der Waals surface area contributed by atoms with Crippen molar-refractivity contribution in [2.24, 2.45) is 0 Å². The van der Waals surface area contributed by atoms with E-state index in [0.717, 1.165) is 27.7 Å². The van der Waals surface area contributed by atoms with Crippen LogP contribution in [-0.4, -0.2) is 29.9 Å². The van der Waals surface area contributed by atoms with Crippen LogP contribution in [-0.2, 0) is 11.2 Å². The van der Waals surface area contributed by atoms with Crippen molar-refractivity contribution in [1.82, 2.24) is 9.88 Å². The van der Waals surface area contributed by atoms with E-state index in [1.807, 2.05) is 60.7 Å². The van der Waals surface area contributed by atoms with Crippen LogP contribution in [0.15, 0.2) is 60.7 Å². The highest BCUT2D eigenvalue weighted by Crippen LogP contribution is 2.25. The minimum Gasteiger partial charge on any atom is -0.349 e. The number of rotatable bonds is 3. The average molecular weight is 290 g/mol. The fourth-order valence-electron chi connectivity index (χ4n) is 2.47. The van der Waals surface area contributed by atoms with Gasteiger partial charge in [-0.05, 0) is 17.7 Å². The Labute approximate surface area is 130 Å². The number of para-hydroxylation sites is 1. The molecule has 0 fully saturated rings. The number of amides is 1. The van der Waals surface area contributed by atoms with Gasteiger partial charge < -0.3 is 4.90 Å². The number of carbonyl (C=O) groups is 1. The highest BCUT2D eigenvalue weighted by atomic mass is 16.2. The van der Waals surface area contributed by atoms with Gasteiger partial charge in [-0.3, -0.25) is 4.79 Å². The van der Waals surface area contributed by atoms with E-state index in [4.69, 9.17) is 4.98 Å². The van der Waals surface area contributed by atoms with E-state index in [1.165, 1.54) is 0 Å². The summed E-state index contributed by atoms with van der Waals surface area (Å²) in [6, 6.07) is 20.1. The molecule has 1 aromatic heterocycles. The number of nitrogens with zero attached hydrogens (tertiary/aromatic N) is 2. The maximum absolute atomic E-state index is 12.1. The summed E-state index contributed by atoms with van der Waals surface area (Å²) in [6.07, 6.45) is 0.385. The van der Waals surface area contributed by atoms with Gasteiger partial charge in [-0.1, -0.05) is 48.5 Å². The predicted molar refractivity (Wildman–Crippen MR) is 89.6 cm³/mol. The Morgan fingerprint density at radius 2 is 1.68 bits per heavy atom. The quantitative estimate of drug-likeness (QED) is 0.739. The monoisotopic (exact) mass is 290 g/mol. The van der Waals surface area contributed by atoms with E-state index in [1.54, 1.807) is 19.0 Å². The molecule has 3 heteroatoms. The van der Waals surface area contributed by atoms with Gasteiger partial charge >= 0.3 is 0 Å². The fraction of sp³-hybridized carbons (Fsp3) is 0.158. The van der Waals surface area contributed by atoms with Crippen LogP contribution in [0.4, 0.5) is 0 Å². The molecular formula is C19H18N2O. The van der Waals surface area contributed by atoms with Crippen LogP contribution in [0.3, 0.4) is 0 Å². The molecule has 0 bridgehead atoms. The number of fused-ring (bicyclic) bond motifs is 1. The summed E-state index contributed by atoms with van der Waals surface area (Å²) < 4.78 is 0. The maximum Gasteiger partial charge on any atom is 0.226 e. The Kier molecular flexibility index (Phi) is 3.88. The normalized spacial score (nSPS) is 10.6. The Morgan fingerprint density at radius 3 is 2.41 bits per heavy atom. The van der Waals surface area contributed by atoms with Crippen molar-refractivity contribution < 1.29 is 4.79 Å². The zero-order valence-corrected chi connectivity index (χ0v) is 12.8. The smallest absolute Gasteiger partial charge is 0.226 e. The summed E-state index contributed by atoms with van der Waals surface area (Å²) in [7, 11) is 3.56. The number of hydrogen-bond donors (Lipinski definition) is 0. The van der Waals surface area contributed by atoms with E-state index in [9.17, 15) is 4.79 Å². The molecule has 3 rings (SSSR count). The van der Waals surface area contributed by atoms with Crippen molar-refractivity contribution >= 4 is 16.8 Å². The van der Waals surface area contributed by atoms with Gasteiger partial charge in [0.25, 0.3) is 0 Å². The summed E-state index contributed by atoms with van der Waals surface area (Å²) in [6.45, 7) is 0. The van der Waals surface area contributed by atoms with E-state index in [0.29, 0.717) is 6.42 Å². The van der Waals surface area contributed by atoms with Crippen molar-refractivity contribution in [2.45, 2.75) is 6.42 Å². The SMILES string of the molecule is CN(C)C(=O)Cc1cc(-c2ccccc2)nc2ccccc12. The summed E-state index contributed by atoms with van der Waals surface area (Å²) in [5.41, 5.74) is 3.90. The third-order valence-electron chi connectivity index (χ3n) is 3.71. The van der Waals surface area contributed by atoms with Gasteiger partial charge in [0, 0.05) is 25.0 Å². The highest BCUT2D eigenvalue weighted by Gasteiger charge is 2.12. The molecule has 1 heterocycles. The summed E-state index contributed by atoms with van der Waals surface area (Å²) in [4.78, 5) is 18.5. The minimum absolute atomic E-state index is 0.0929. The van der Waals surface area contributed by atoms with Crippen LogP contribution >= 0.6 is 0 Å². The summed E-state index contributed by atoms with van der Waals surface area (Å²) in [5.74, 6) is 0.0929. The molecule has 3 nitrogen and oxygen atoms in total. The molecule has 22 heavy (non-hydrogen) atoms. The maximum atomic E-state index is 12.1. The largest absolute Gasteiger partial charge is 0.349 e. The molecule has 0 aliphatic rings. The zero-order valence-electron chi connectivity index (χ0n) is 12.8. The lowest BCUT2D eigenvalue weighted by Crippen LogP contribution is -2.23. The molecule has 0 N–H and O–H groups in total. The Balaban J connectivity index is 2.14. The molecule has 0 unspecified atom stereocenters. The van der Waals surface area contributed by atoms with Gasteiger partial charge in [-0.15, -0.1) is 0 Å². The Morgan fingerprint density at radius 1 is 1.00 bits per heavy atom. The second-order valence-corrected chi connectivity index (χ2v) is 5.51. The molecule has 0 saturated heterocycles. The lowest BCUT2D eigenvalue weighted by atomic mass is 10.0. The zero-order chi connectivity index (χ0) is 15.5. The molecular weight excluding hydrogens is 272 g/mol. The second-order valence-electron chi connectivity index (χ2n) is 5.51. The van der Waals surface area contributed by atoms with Crippen molar-refractivity contribution in [3.63, 3.8) is 0 Å². The van der Waals surface area contributed by atoms with Crippen LogP contribution in [0.1, 0.15) is 5.56 Å². The first-order chi connectivity index (χ1) is 10.6. The van der Waals surface area contributed by atoms with E-state index < -0.39 is 0 Å². The van der Waals surface area contributed by atoms with Crippen molar-refractivity contribution in [3.8, 4) is 11.3 Å². The first-order valence-corrected chi connectivity index (χ1v) is 7.29. The van der Waals surface area contributed by atoms with Crippen LogP contribution in [0.25, 0.3) is 22.2 Å². The standard InChI is InChI=1S/C19H18N2O/c1-21(2)19(22)13-15-12-18(14-8-4-3-5-9-14)20-17-11-7-6-10-16(15)17/h3-12H,13H2,1-2H3. The molecule has 0 spiro atoms. The predicted octanol–water partition coefficient (Wildman–Crippen LogP) is 3.53. The van der Waals surface area contributed by atoms with Crippen molar-refractivity contribution in [1.29, 1.82) is 0 Å². The van der Waals surface area contributed by atoms with Crippen LogP contribution < -0.4 is 0 Å². The third-order valence-corrected chi connectivity index (χ3v) is 3.71. The number of hydrogen-bond acceptors (Lipinski definition) is 2. The minimum atomic E-state index is 0.0929. The van der Waals surface area contributed by atoms with E-state index in [-0.39, 0.29) is 5.91 Å².